The van der Waals surface area contributed by atoms with Gasteiger partial charge in [0.2, 0.25) is 5.69 Å². The largest absolute Gasteiger partial charge is 0.458 e. The number of hydrogen-bond acceptors (Lipinski definition) is 7. The van der Waals surface area contributed by atoms with Gasteiger partial charge in [-0.05, 0) is 50.3 Å². The van der Waals surface area contributed by atoms with Crippen LogP contribution in [0.2, 0.25) is 0 Å². The number of ether oxygens (including phenoxy) is 1. The summed E-state index contributed by atoms with van der Waals surface area (Å²) in [4.78, 5) is 26.6. The quantitative estimate of drug-likeness (QED) is 0.358. The molecule has 33 heavy (non-hydrogen) atoms. The highest BCUT2D eigenvalue weighted by Crippen LogP contribution is 2.43. The van der Waals surface area contributed by atoms with E-state index in [2.05, 4.69) is 5.16 Å². The fraction of sp³-hybridized carbons (Fsp3) is 0.320. The van der Waals surface area contributed by atoms with E-state index in [9.17, 15) is 18.0 Å². The van der Waals surface area contributed by atoms with Gasteiger partial charge in [-0.25, -0.2) is 13.2 Å². The molecule has 0 aliphatic heterocycles. The molecule has 0 N–H and O–H groups in total. The number of nitrogens with zero attached hydrogens (tertiary/aromatic N) is 1. The van der Waals surface area contributed by atoms with Crippen LogP contribution < -0.4 is 0 Å². The molecule has 3 aromatic rings. The molecule has 1 aromatic heterocycles. The van der Waals surface area contributed by atoms with Gasteiger partial charge in [0.05, 0.1) is 11.0 Å². The number of ketones is 1. The molecule has 1 saturated carbocycles. The summed E-state index contributed by atoms with van der Waals surface area (Å²) in [6.45, 7) is 3.44. The zero-order valence-corrected chi connectivity index (χ0v) is 19.5. The zero-order valence-electron chi connectivity index (χ0n) is 18.7. The predicted molar refractivity (Wildman–Crippen MR) is 121 cm³/mol. The van der Waals surface area contributed by atoms with E-state index in [-0.39, 0.29) is 40.4 Å². The lowest BCUT2D eigenvalue weighted by Crippen LogP contribution is -2.17. The Labute approximate surface area is 192 Å². The van der Waals surface area contributed by atoms with Crippen molar-refractivity contribution in [2.45, 2.75) is 50.0 Å². The van der Waals surface area contributed by atoms with Crippen molar-refractivity contribution < 1.29 is 27.3 Å². The summed E-state index contributed by atoms with van der Waals surface area (Å²) in [5.41, 5.74) is 1.61. The first-order chi connectivity index (χ1) is 15.7. The lowest BCUT2D eigenvalue weighted by Gasteiger charge is -2.12. The van der Waals surface area contributed by atoms with Crippen molar-refractivity contribution in [3.8, 4) is 0 Å². The van der Waals surface area contributed by atoms with Crippen molar-refractivity contribution in [1.82, 2.24) is 5.16 Å². The van der Waals surface area contributed by atoms with Crippen LogP contribution in [0.15, 0.2) is 57.9 Å². The molecule has 1 fully saturated rings. The van der Waals surface area contributed by atoms with Crippen molar-refractivity contribution in [2.24, 2.45) is 0 Å². The van der Waals surface area contributed by atoms with E-state index in [1.165, 1.54) is 0 Å². The van der Waals surface area contributed by atoms with Gasteiger partial charge < -0.3 is 9.26 Å². The molecule has 0 unspecified atom stereocenters. The lowest BCUT2D eigenvalue weighted by molar-refractivity contribution is 0.0364. The standard InChI is InChI=1S/C25H25NO6S/c1-15(2)31-25(28)22-21(24(32-26-22)16-12-13-16)23(27)19-10-6-4-8-17(19)14-18-9-5-7-11-20(18)33(3,29)30/h4-11,15-16H,12-14H2,1-3H3. The average Bonchev–Trinajstić information content (AvgIpc) is 3.50. The van der Waals surface area contributed by atoms with Crippen LogP contribution in [-0.2, 0) is 21.0 Å². The molecule has 1 heterocycles. The summed E-state index contributed by atoms with van der Waals surface area (Å²) in [7, 11) is -3.44. The summed E-state index contributed by atoms with van der Waals surface area (Å²) in [6.07, 6.45) is 2.74. The van der Waals surface area contributed by atoms with Crippen LogP contribution in [0.5, 0.6) is 0 Å². The third kappa shape index (κ3) is 4.90. The topological polar surface area (TPSA) is 104 Å². The molecule has 1 aliphatic rings. The summed E-state index contributed by atoms with van der Waals surface area (Å²) in [5, 5.41) is 3.89. The monoisotopic (exact) mass is 467 g/mol. The van der Waals surface area contributed by atoms with Crippen molar-refractivity contribution in [3.05, 3.63) is 82.2 Å². The van der Waals surface area contributed by atoms with Crippen LogP contribution >= 0.6 is 0 Å². The highest BCUT2D eigenvalue weighted by molar-refractivity contribution is 7.90. The van der Waals surface area contributed by atoms with Gasteiger partial charge >= 0.3 is 5.97 Å². The second kappa shape index (κ2) is 8.94. The number of hydrogen-bond donors (Lipinski definition) is 0. The number of esters is 1. The number of rotatable bonds is 8. The minimum Gasteiger partial charge on any atom is -0.458 e. The first kappa shape index (κ1) is 22.9. The van der Waals surface area contributed by atoms with Crippen molar-refractivity contribution >= 4 is 21.6 Å². The SMILES string of the molecule is CC(C)OC(=O)c1noc(C2CC2)c1C(=O)c1ccccc1Cc1ccccc1S(C)(=O)=O. The maximum atomic E-state index is 13.7. The molecule has 0 bridgehead atoms. The van der Waals surface area contributed by atoms with Gasteiger partial charge in [-0.1, -0.05) is 47.6 Å². The fourth-order valence-electron chi connectivity index (χ4n) is 3.80. The van der Waals surface area contributed by atoms with Gasteiger partial charge in [-0.2, -0.15) is 0 Å². The number of sulfone groups is 1. The Morgan fingerprint density at radius 1 is 1.06 bits per heavy atom. The second-order valence-corrected chi connectivity index (χ2v) is 10.5. The molecular weight excluding hydrogens is 442 g/mol. The highest BCUT2D eigenvalue weighted by Gasteiger charge is 2.38. The maximum Gasteiger partial charge on any atom is 0.361 e. The molecule has 1 aliphatic carbocycles. The Morgan fingerprint density at radius 3 is 2.33 bits per heavy atom. The number of carbonyl (C=O) groups is 2. The molecular formula is C25H25NO6S. The normalized spacial score (nSPS) is 13.8. The van der Waals surface area contributed by atoms with E-state index >= 15 is 0 Å². The van der Waals surface area contributed by atoms with Gasteiger partial charge in [-0.3, -0.25) is 4.79 Å². The third-order valence-corrected chi connectivity index (χ3v) is 6.64. The van der Waals surface area contributed by atoms with Crippen LogP contribution in [0.1, 0.15) is 75.9 Å². The molecule has 2 aromatic carbocycles. The van der Waals surface area contributed by atoms with Crippen molar-refractivity contribution in [2.75, 3.05) is 6.26 Å². The predicted octanol–water partition coefficient (Wildman–Crippen LogP) is 4.34. The Hall–Kier alpha value is -3.26. The molecule has 0 atom stereocenters. The molecule has 0 spiro atoms. The van der Waals surface area contributed by atoms with E-state index in [1.54, 1.807) is 62.4 Å². The first-order valence-corrected chi connectivity index (χ1v) is 12.7. The Kier molecular flexibility index (Phi) is 6.21. The average molecular weight is 468 g/mol. The molecule has 4 rings (SSSR count). The van der Waals surface area contributed by atoms with E-state index in [1.807, 2.05) is 0 Å². The van der Waals surface area contributed by atoms with E-state index in [0.29, 0.717) is 22.5 Å². The van der Waals surface area contributed by atoms with Crippen LogP contribution in [-0.4, -0.2) is 37.7 Å². The van der Waals surface area contributed by atoms with E-state index in [0.717, 1.165) is 19.1 Å². The fourth-order valence-corrected chi connectivity index (χ4v) is 4.75. The minimum atomic E-state index is -3.44. The van der Waals surface area contributed by atoms with Gasteiger partial charge in [0, 0.05) is 17.7 Å². The van der Waals surface area contributed by atoms with Crippen molar-refractivity contribution in [3.63, 3.8) is 0 Å². The zero-order chi connectivity index (χ0) is 23.8. The van der Waals surface area contributed by atoms with Gasteiger partial charge in [0.25, 0.3) is 0 Å². The third-order valence-electron chi connectivity index (χ3n) is 5.44. The summed E-state index contributed by atoms with van der Waals surface area (Å²) < 4.78 is 35.2. The number of benzene rings is 2. The Morgan fingerprint density at radius 2 is 1.70 bits per heavy atom. The highest BCUT2D eigenvalue weighted by atomic mass is 32.2. The first-order valence-electron chi connectivity index (χ1n) is 10.8. The molecule has 7 nitrogen and oxygen atoms in total. The van der Waals surface area contributed by atoms with Crippen molar-refractivity contribution in [1.29, 1.82) is 0 Å². The molecule has 0 saturated heterocycles. The maximum absolute atomic E-state index is 13.7. The Bertz CT molecular complexity index is 1320. The molecule has 0 radical (unpaired) electrons. The smallest absolute Gasteiger partial charge is 0.361 e. The van der Waals surface area contributed by atoms with Crippen LogP contribution in [0.3, 0.4) is 0 Å². The van der Waals surface area contributed by atoms with Gasteiger partial charge in [-0.15, -0.1) is 0 Å². The van der Waals surface area contributed by atoms with E-state index < -0.39 is 15.8 Å². The second-order valence-electron chi connectivity index (χ2n) is 8.54. The van der Waals surface area contributed by atoms with Crippen LogP contribution in [0, 0.1) is 0 Å². The molecule has 8 heteroatoms. The van der Waals surface area contributed by atoms with E-state index in [4.69, 9.17) is 9.26 Å². The van der Waals surface area contributed by atoms with Gasteiger partial charge in [0.15, 0.2) is 21.4 Å². The van der Waals surface area contributed by atoms with Crippen LogP contribution in [0.25, 0.3) is 0 Å². The molecule has 172 valence electrons. The summed E-state index contributed by atoms with van der Waals surface area (Å²) in [6, 6.07) is 13.7. The summed E-state index contributed by atoms with van der Waals surface area (Å²) >= 11 is 0. The molecule has 0 amide bonds. The van der Waals surface area contributed by atoms with Gasteiger partial charge in [0.1, 0.15) is 5.56 Å². The Balaban J connectivity index is 1.77. The summed E-state index contributed by atoms with van der Waals surface area (Å²) in [5.74, 6) is -0.637. The lowest BCUT2D eigenvalue weighted by atomic mass is 9.92. The number of aromatic nitrogens is 1. The van der Waals surface area contributed by atoms with Crippen LogP contribution in [0.4, 0.5) is 0 Å². The minimum absolute atomic E-state index is 0.0511. The number of carbonyl (C=O) groups excluding carboxylic acids is 2.